The van der Waals surface area contributed by atoms with E-state index in [0.29, 0.717) is 0 Å². The Morgan fingerprint density at radius 2 is 1.81 bits per heavy atom. The van der Waals surface area contributed by atoms with Crippen LogP contribution in [0.2, 0.25) is 0 Å². The van der Waals surface area contributed by atoms with Crippen LogP contribution in [0, 0.1) is 0 Å². The average Bonchev–Trinajstić information content (AvgIpc) is 3.01. The topological polar surface area (TPSA) is 47.2 Å². The molecule has 142 valence electrons. The summed E-state index contributed by atoms with van der Waals surface area (Å²) in [5.41, 5.74) is 2.50. The Bertz CT molecular complexity index is 699. The van der Waals surface area contributed by atoms with Crippen molar-refractivity contribution in [1.29, 1.82) is 0 Å². The predicted octanol–water partition coefficient (Wildman–Crippen LogP) is 3.52. The van der Waals surface area contributed by atoms with E-state index in [-0.39, 0.29) is 11.6 Å². The number of piperazine rings is 1. The smallest absolute Gasteiger partial charge is 0.138 e. The number of H-pyrrole nitrogens is 1. The number of halogens is 1. The quantitative estimate of drug-likeness (QED) is 0.777. The van der Waals surface area contributed by atoms with Crippen LogP contribution in [-0.2, 0) is 0 Å². The van der Waals surface area contributed by atoms with Gasteiger partial charge < -0.3 is 10.3 Å². The van der Waals surface area contributed by atoms with Gasteiger partial charge in [-0.3, -0.25) is 9.80 Å². The van der Waals surface area contributed by atoms with Crippen molar-refractivity contribution in [3.63, 3.8) is 0 Å². The van der Waals surface area contributed by atoms with Crippen molar-refractivity contribution in [1.82, 2.24) is 25.1 Å². The Labute approximate surface area is 165 Å². The minimum absolute atomic E-state index is 0.236. The second kappa shape index (κ2) is 8.21. The molecule has 6 heteroatoms. The molecular formula is C20H30BrN5. The van der Waals surface area contributed by atoms with Crippen LogP contribution in [0.5, 0.6) is 0 Å². The zero-order chi connectivity index (χ0) is 18.7. The first-order valence-corrected chi connectivity index (χ1v) is 10.1. The second-order valence-corrected chi connectivity index (χ2v) is 8.67. The summed E-state index contributed by atoms with van der Waals surface area (Å²) in [5, 5.41) is 3.36. The first-order valence-electron chi connectivity index (χ1n) is 9.34. The lowest BCUT2D eigenvalue weighted by Crippen LogP contribution is -2.54. The number of aromatic nitrogens is 2. The van der Waals surface area contributed by atoms with Gasteiger partial charge in [0.15, 0.2) is 0 Å². The van der Waals surface area contributed by atoms with E-state index in [4.69, 9.17) is 4.98 Å². The van der Waals surface area contributed by atoms with Crippen molar-refractivity contribution in [2.75, 3.05) is 39.8 Å². The summed E-state index contributed by atoms with van der Waals surface area (Å²) in [7, 11) is 2.01. The van der Waals surface area contributed by atoms with Crippen LogP contribution in [0.4, 0.5) is 0 Å². The van der Waals surface area contributed by atoms with E-state index >= 15 is 0 Å². The molecule has 0 saturated carbocycles. The van der Waals surface area contributed by atoms with Gasteiger partial charge in [-0.1, -0.05) is 30.3 Å². The van der Waals surface area contributed by atoms with Gasteiger partial charge in [0.1, 0.15) is 10.4 Å². The summed E-state index contributed by atoms with van der Waals surface area (Å²) in [6.45, 7) is 12.1. The summed E-state index contributed by atoms with van der Waals surface area (Å²) in [5.74, 6) is 0.918. The van der Waals surface area contributed by atoms with Gasteiger partial charge in [0.2, 0.25) is 0 Å². The molecule has 1 saturated heterocycles. The number of nitrogens with zero attached hydrogens (tertiary/aromatic N) is 3. The molecule has 1 aliphatic heterocycles. The molecule has 3 rings (SSSR count). The number of likely N-dealkylation sites (N-methyl/N-ethyl adjacent to an activating group) is 1. The first-order chi connectivity index (χ1) is 12.4. The van der Waals surface area contributed by atoms with Gasteiger partial charge in [0.25, 0.3) is 0 Å². The number of aromatic amines is 1. The van der Waals surface area contributed by atoms with E-state index < -0.39 is 0 Å². The zero-order valence-electron chi connectivity index (χ0n) is 16.2. The first kappa shape index (κ1) is 19.5. The van der Waals surface area contributed by atoms with E-state index in [0.717, 1.165) is 54.4 Å². The highest BCUT2D eigenvalue weighted by atomic mass is 79.9. The lowest BCUT2D eigenvalue weighted by atomic mass is 10.0. The van der Waals surface area contributed by atoms with Gasteiger partial charge in [-0.05, 0) is 43.7 Å². The van der Waals surface area contributed by atoms with Crippen molar-refractivity contribution in [2.45, 2.75) is 32.4 Å². The lowest BCUT2D eigenvalue weighted by Gasteiger charge is -2.44. The van der Waals surface area contributed by atoms with Crippen LogP contribution in [-0.4, -0.2) is 65.1 Å². The van der Waals surface area contributed by atoms with Crippen LogP contribution >= 0.6 is 15.9 Å². The van der Waals surface area contributed by atoms with E-state index in [1.807, 2.05) is 25.2 Å². The largest absolute Gasteiger partial charge is 0.340 e. The van der Waals surface area contributed by atoms with Crippen molar-refractivity contribution in [3.05, 3.63) is 40.6 Å². The normalized spacial score (nSPS) is 18.2. The Hall–Kier alpha value is -1.21. The molecule has 1 aromatic heterocycles. The fourth-order valence-electron chi connectivity index (χ4n) is 3.63. The van der Waals surface area contributed by atoms with E-state index in [9.17, 15) is 0 Å². The molecule has 5 nitrogen and oxygen atoms in total. The predicted molar refractivity (Wildman–Crippen MR) is 111 cm³/mol. The number of hydrogen-bond acceptors (Lipinski definition) is 4. The molecule has 1 fully saturated rings. The van der Waals surface area contributed by atoms with Crippen LogP contribution in [0.3, 0.4) is 0 Å². The van der Waals surface area contributed by atoms with Gasteiger partial charge in [-0.2, -0.15) is 0 Å². The van der Waals surface area contributed by atoms with Gasteiger partial charge in [0.05, 0.1) is 11.7 Å². The molecule has 2 aromatic rings. The maximum Gasteiger partial charge on any atom is 0.138 e. The maximum absolute atomic E-state index is 4.73. The molecule has 0 bridgehead atoms. The minimum Gasteiger partial charge on any atom is -0.340 e. The molecule has 2 N–H and O–H groups in total. The van der Waals surface area contributed by atoms with Crippen molar-refractivity contribution >= 4 is 15.9 Å². The monoisotopic (exact) mass is 419 g/mol. The molecule has 0 spiro atoms. The highest BCUT2D eigenvalue weighted by molar-refractivity contribution is 9.10. The minimum atomic E-state index is 0.236. The fourth-order valence-corrected chi connectivity index (χ4v) is 4.17. The number of rotatable bonds is 5. The highest BCUT2D eigenvalue weighted by Gasteiger charge is 2.31. The molecule has 26 heavy (non-hydrogen) atoms. The summed E-state index contributed by atoms with van der Waals surface area (Å²) in [4.78, 5) is 13.4. The maximum atomic E-state index is 4.73. The van der Waals surface area contributed by atoms with Crippen LogP contribution < -0.4 is 5.32 Å². The Kier molecular flexibility index (Phi) is 6.17. The molecule has 1 atom stereocenters. The molecule has 2 heterocycles. The third-order valence-corrected chi connectivity index (χ3v) is 5.77. The van der Waals surface area contributed by atoms with Gasteiger partial charge >= 0.3 is 0 Å². The van der Waals surface area contributed by atoms with E-state index in [1.54, 1.807) is 0 Å². The van der Waals surface area contributed by atoms with E-state index in [1.165, 1.54) is 0 Å². The fraction of sp³-hybridized carbons (Fsp3) is 0.550. The molecular weight excluding hydrogens is 390 g/mol. The van der Waals surface area contributed by atoms with Crippen LogP contribution in [0.25, 0.3) is 11.4 Å². The number of nitrogens with one attached hydrogen (secondary N) is 2. The third-order valence-electron chi connectivity index (χ3n) is 5.17. The Morgan fingerprint density at radius 3 is 2.38 bits per heavy atom. The molecule has 1 aliphatic rings. The number of imidazole rings is 1. The Morgan fingerprint density at radius 1 is 1.15 bits per heavy atom. The van der Waals surface area contributed by atoms with Crippen molar-refractivity contribution < 1.29 is 0 Å². The molecule has 0 amide bonds. The van der Waals surface area contributed by atoms with Crippen LogP contribution in [0.1, 0.15) is 32.5 Å². The van der Waals surface area contributed by atoms with Crippen LogP contribution in [0.15, 0.2) is 34.9 Å². The molecule has 0 radical (unpaired) electrons. The highest BCUT2D eigenvalue weighted by Crippen LogP contribution is 2.30. The number of hydrogen-bond donors (Lipinski definition) is 2. The molecule has 1 aromatic carbocycles. The summed E-state index contributed by atoms with van der Waals surface area (Å²) in [6, 6.07) is 10.6. The van der Waals surface area contributed by atoms with Gasteiger partial charge in [0, 0.05) is 43.8 Å². The van der Waals surface area contributed by atoms with Gasteiger partial charge in [-0.25, -0.2) is 4.98 Å². The molecule has 0 aliphatic carbocycles. The summed E-state index contributed by atoms with van der Waals surface area (Å²) < 4.78 is 0.912. The SMILES string of the molecule is CNCC(c1[nH]c(-c2ccccc2)nc1Br)N1CCN(C(C)(C)C)CC1. The Balaban J connectivity index is 1.80. The van der Waals surface area contributed by atoms with Gasteiger partial charge in [-0.15, -0.1) is 0 Å². The summed E-state index contributed by atoms with van der Waals surface area (Å²) >= 11 is 3.69. The van der Waals surface area contributed by atoms with E-state index in [2.05, 4.69) is 68.9 Å². The van der Waals surface area contributed by atoms with Crippen molar-refractivity contribution in [2.24, 2.45) is 0 Å². The lowest BCUT2D eigenvalue weighted by molar-refractivity contribution is 0.0410. The standard InChI is InChI=1S/C20H30BrN5/c1-20(2,3)26-12-10-25(11-13-26)16(14-22-4)17-18(21)24-19(23-17)15-8-6-5-7-9-15/h5-9,16,22H,10-14H2,1-4H3,(H,23,24). The average molecular weight is 420 g/mol. The zero-order valence-corrected chi connectivity index (χ0v) is 17.8. The third kappa shape index (κ3) is 4.36. The molecule has 1 unspecified atom stereocenters. The number of benzene rings is 1. The second-order valence-electron chi connectivity index (χ2n) is 7.92. The summed E-state index contributed by atoms with van der Waals surface area (Å²) in [6.07, 6.45) is 0. The van der Waals surface area contributed by atoms with Crippen molar-refractivity contribution in [3.8, 4) is 11.4 Å².